The molecule has 0 spiro atoms. The zero-order chi connectivity index (χ0) is 19.6. The van der Waals surface area contributed by atoms with Crippen LogP contribution in [-0.2, 0) is 9.53 Å². The van der Waals surface area contributed by atoms with Gasteiger partial charge in [0.25, 0.3) is 0 Å². The molecule has 0 saturated heterocycles. The van der Waals surface area contributed by atoms with E-state index in [4.69, 9.17) is 25.5 Å². The van der Waals surface area contributed by atoms with Crippen molar-refractivity contribution in [1.82, 2.24) is 0 Å². The van der Waals surface area contributed by atoms with Gasteiger partial charge in [0.05, 0.1) is 12.5 Å². The Morgan fingerprint density at radius 2 is 1.81 bits per heavy atom. The number of ether oxygens (including phenoxy) is 3. The van der Waals surface area contributed by atoms with Crippen molar-refractivity contribution in [3.05, 3.63) is 63.0 Å². The van der Waals surface area contributed by atoms with Crippen molar-refractivity contribution in [2.45, 2.75) is 13.8 Å². The van der Waals surface area contributed by atoms with E-state index in [9.17, 15) is 9.59 Å². The normalized spacial score (nSPS) is 10.7. The fraction of sp³-hybridized carbons (Fsp3) is 0.200. The number of fused-ring (bicyclic) bond motifs is 1. The van der Waals surface area contributed by atoms with Crippen LogP contribution in [0.4, 0.5) is 0 Å². The summed E-state index contributed by atoms with van der Waals surface area (Å²) < 4.78 is 21.0. The van der Waals surface area contributed by atoms with Crippen LogP contribution in [-0.4, -0.2) is 19.7 Å². The fourth-order valence-electron chi connectivity index (χ4n) is 2.54. The van der Waals surface area contributed by atoms with Crippen molar-refractivity contribution in [2.75, 3.05) is 13.7 Å². The molecule has 140 valence electrons. The Morgan fingerprint density at radius 3 is 2.48 bits per heavy atom. The topological polar surface area (TPSA) is 75.0 Å². The van der Waals surface area contributed by atoms with Crippen LogP contribution in [0.2, 0.25) is 5.02 Å². The van der Waals surface area contributed by atoms with E-state index in [1.807, 2.05) is 13.8 Å². The molecule has 3 aromatic rings. The molecule has 7 heteroatoms. The maximum absolute atomic E-state index is 12.7. The predicted octanol–water partition coefficient (Wildman–Crippen LogP) is 4.41. The quantitative estimate of drug-likeness (QED) is 0.603. The lowest BCUT2D eigenvalue weighted by Crippen LogP contribution is -2.12. The summed E-state index contributed by atoms with van der Waals surface area (Å²) in [6.07, 6.45) is 1.24. The van der Waals surface area contributed by atoms with E-state index in [2.05, 4.69) is 4.74 Å². The summed E-state index contributed by atoms with van der Waals surface area (Å²) in [7, 11) is 1.27. The predicted molar refractivity (Wildman–Crippen MR) is 101 cm³/mol. The van der Waals surface area contributed by atoms with Gasteiger partial charge < -0.3 is 18.6 Å². The molecule has 2 aromatic carbocycles. The second kappa shape index (κ2) is 7.72. The number of carbonyl (C=O) groups excluding carboxylic acids is 1. The maximum atomic E-state index is 12.7. The molecule has 0 amide bonds. The average molecular weight is 389 g/mol. The van der Waals surface area contributed by atoms with Gasteiger partial charge in [-0.25, -0.2) is 4.79 Å². The van der Waals surface area contributed by atoms with Gasteiger partial charge in [0, 0.05) is 11.1 Å². The van der Waals surface area contributed by atoms with Crippen LogP contribution in [0.25, 0.3) is 11.0 Å². The Kier molecular flexibility index (Phi) is 5.37. The molecule has 0 atom stereocenters. The highest BCUT2D eigenvalue weighted by Crippen LogP contribution is 2.29. The molecule has 0 bridgehead atoms. The fourth-order valence-corrected chi connectivity index (χ4v) is 2.65. The summed E-state index contributed by atoms with van der Waals surface area (Å²) in [5, 5.41) is 0.993. The molecular formula is C20H17ClO6. The molecule has 27 heavy (non-hydrogen) atoms. The van der Waals surface area contributed by atoms with E-state index < -0.39 is 5.97 Å². The Balaban J connectivity index is 1.89. The SMILES string of the molecule is COC(=O)COc1ccc2c(=O)c(Oc3cc(C)c(Cl)c(C)c3)coc2c1. The average Bonchev–Trinajstić information content (AvgIpc) is 2.66. The molecule has 0 aliphatic carbocycles. The lowest BCUT2D eigenvalue weighted by Gasteiger charge is -2.10. The van der Waals surface area contributed by atoms with Crippen molar-refractivity contribution in [2.24, 2.45) is 0 Å². The van der Waals surface area contributed by atoms with Gasteiger partial charge in [-0.05, 0) is 49.2 Å². The molecule has 0 aliphatic heterocycles. The summed E-state index contributed by atoms with van der Waals surface area (Å²) in [6.45, 7) is 3.49. The van der Waals surface area contributed by atoms with Gasteiger partial charge in [-0.1, -0.05) is 11.6 Å². The molecule has 0 aliphatic rings. The number of methoxy groups -OCH3 is 1. The molecule has 1 aromatic heterocycles. The van der Waals surface area contributed by atoms with Gasteiger partial charge >= 0.3 is 5.97 Å². The second-order valence-corrected chi connectivity index (χ2v) is 6.30. The first-order valence-corrected chi connectivity index (χ1v) is 8.46. The van der Waals surface area contributed by atoms with Crippen LogP contribution in [0, 0.1) is 13.8 Å². The Hall–Kier alpha value is -2.99. The molecule has 3 rings (SSSR count). The summed E-state index contributed by atoms with van der Waals surface area (Å²) in [6, 6.07) is 8.16. The Morgan fingerprint density at radius 1 is 1.11 bits per heavy atom. The summed E-state index contributed by atoms with van der Waals surface area (Å²) in [5.74, 6) is 0.438. The maximum Gasteiger partial charge on any atom is 0.343 e. The van der Waals surface area contributed by atoms with Crippen LogP contribution in [0.3, 0.4) is 0 Å². The number of benzene rings is 2. The van der Waals surface area contributed by atoms with Crippen LogP contribution < -0.4 is 14.9 Å². The number of hydrogen-bond acceptors (Lipinski definition) is 6. The van der Waals surface area contributed by atoms with Gasteiger partial charge in [-0.3, -0.25) is 4.79 Å². The van der Waals surface area contributed by atoms with E-state index >= 15 is 0 Å². The Labute approximate surface area is 160 Å². The van der Waals surface area contributed by atoms with Crippen molar-refractivity contribution in [1.29, 1.82) is 0 Å². The highest BCUT2D eigenvalue weighted by molar-refractivity contribution is 6.32. The first kappa shape index (κ1) is 18.8. The molecule has 0 unspecified atom stereocenters. The molecule has 0 saturated carbocycles. The largest absolute Gasteiger partial charge is 0.482 e. The molecule has 6 nitrogen and oxygen atoms in total. The summed E-state index contributed by atoms with van der Waals surface area (Å²) >= 11 is 6.15. The number of carbonyl (C=O) groups is 1. The van der Waals surface area contributed by atoms with E-state index in [1.54, 1.807) is 24.3 Å². The van der Waals surface area contributed by atoms with Gasteiger partial charge in [-0.2, -0.15) is 0 Å². The third-order valence-corrected chi connectivity index (χ3v) is 4.53. The Bertz CT molecular complexity index is 1050. The van der Waals surface area contributed by atoms with Crippen LogP contribution >= 0.6 is 11.6 Å². The van der Waals surface area contributed by atoms with E-state index in [1.165, 1.54) is 19.4 Å². The van der Waals surface area contributed by atoms with Crippen LogP contribution in [0.15, 0.2) is 45.8 Å². The molecular weight excluding hydrogens is 372 g/mol. The molecule has 0 fully saturated rings. The van der Waals surface area contributed by atoms with Crippen LogP contribution in [0.5, 0.6) is 17.2 Å². The number of halogens is 1. The number of esters is 1. The highest BCUT2D eigenvalue weighted by Gasteiger charge is 2.12. The first-order chi connectivity index (χ1) is 12.9. The lowest BCUT2D eigenvalue weighted by atomic mass is 10.1. The third kappa shape index (κ3) is 4.06. The third-order valence-electron chi connectivity index (χ3n) is 3.94. The van der Waals surface area contributed by atoms with Gasteiger partial charge in [0.2, 0.25) is 11.2 Å². The van der Waals surface area contributed by atoms with Gasteiger partial charge in [0.1, 0.15) is 23.3 Å². The van der Waals surface area contributed by atoms with E-state index in [0.29, 0.717) is 27.5 Å². The second-order valence-electron chi connectivity index (χ2n) is 5.92. The smallest absolute Gasteiger partial charge is 0.343 e. The number of aryl methyl sites for hydroxylation is 2. The number of hydrogen-bond donors (Lipinski definition) is 0. The zero-order valence-corrected chi connectivity index (χ0v) is 15.8. The highest BCUT2D eigenvalue weighted by atomic mass is 35.5. The molecule has 0 radical (unpaired) electrons. The van der Waals surface area contributed by atoms with Crippen molar-refractivity contribution in [3.8, 4) is 17.2 Å². The summed E-state index contributed by atoms with van der Waals surface area (Å²) in [4.78, 5) is 23.8. The van der Waals surface area contributed by atoms with Crippen molar-refractivity contribution in [3.63, 3.8) is 0 Å². The number of rotatable bonds is 5. The molecule has 0 N–H and O–H groups in total. The minimum atomic E-state index is -0.506. The van der Waals surface area contributed by atoms with Crippen molar-refractivity contribution < 1.29 is 23.4 Å². The van der Waals surface area contributed by atoms with Crippen molar-refractivity contribution >= 4 is 28.5 Å². The first-order valence-electron chi connectivity index (χ1n) is 8.09. The van der Waals surface area contributed by atoms with Crippen LogP contribution in [0.1, 0.15) is 11.1 Å². The zero-order valence-electron chi connectivity index (χ0n) is 15.0. The van der Waals surface area contributed by atoms with Gasteiger partial charge in [0.15, 0.2) is 6.61 Å². The minimum absolute atomic E-state index is 0.0619. The molecule has 1 heterocycles. The monoisotopic (exact) mass is 388 g/mol. The summed E-state index contributed by atoms with van der Waals surface area (Å²) in [5.41, 5.74) is 1.70. The van der Waals surface area contributed by atoms with E-state index in [0.717, 1.165) is 11.1 Å². The standard InChI is InChI=1S/C20H17ClO6/c1-11-6-14(7-12(2)19(11)21)27-17-9-26-16-8-13(25-10-18(22)24-3)4-5-15(16)20(17)23/h4-9H,10H2,1-3H3. The van der Waals surface area contributed by atoms with Gasteiger partial charge in [-0.15, -0.1) is 0 Å². The lowest BCUT2D eigenvalue weighted by molar-refractivity contribution is -0.142. The van der Waals surface area contributed by atoms with E-state index in [-0.39, 0.29) is 17.8 Å². The minimum Gasteiger partial charge on any atom is -0.482 e.